The van der Waals surface area contributed by atoms with Gasteiger partial charge in [0.05, 0.1) is 6.10 Å². The summed E-state index contributed by atoms with van der Waals surface area (Å²) in [6.07, 6.45) is 7.83. The van der Waals surface area contributed by atoms with Gasteiger partial charge in [-0.2, -0.15) is 0 Å². The van der Waals surface area contributed by atoms with E-state index >= 15 is 0 Å². The second-order valence-electron chi connectivity index (χ2n) is 7.29. The number of aliphatic hydroxyl groups is 1. The van der Waals surface area contributed by atoms with Crippen LogP contribution in [0.25, 0.3) is 0 Å². The van der Waals surface area contributed by atoms with E-state index in [4.69, 9.17) is 0 Å². The fraction of sp³-hybridized carbons (Fsp3) is 0.944. The van der Waals surface area contributed by atoms with E-state index in [1.807, 2.05) is 11.8 Å². The Bertz CT molecular complexity index is 354. The lowest BCUT2D eigenvalue weighted by atomic mass is 9.92. The average molecular weight is 325 g/mol. The fourth-order valence-corrected chi connectivity index (χ4v) is 3.85. The van der Waals surface area contributed by atoms with Crippen LogP contribution in [0.3, 0.4) is 0 Å². The Hall–Kier alpha value is -0.810. The van der Waals surface area contributed by atoms with E-state index in [0.717, 1.165) is 39.0 Å². The monoisotopic (exact) mass is 325 g/mol. The maximum absolute atomic E-state index is 12.4. The SMILES string of the molecule is CCCCN1CCCCC1CNC(=O)N1CCC(C(C)O)CC1. The van der Waals surface area contributed by atoms with Crippen LogP contribution >= 0.6 is 0 Å². The van der Waals surface area contributed by atoms with Crippen LogP contribution in [0.15, 0.2) is 0 Å². The van der Waals surface area contributed by atoms with Gasteiger partial charge in [0.25, 0.3) is 0 Å². The van der Waals surface area contributed by atoms with Crippen LogP contribution < -0.4 is 5.32 Å². The Balaban J connectivity index is 1.72. The van der Waals surface area contributed by atoms with Crippen molar-refractivity contribution in [3.63, 3.8) is 0 Å². The van der Waals surface area contributed by atoms with Crippen LogP contribution in [0.4, 0.5) is 4.79 Å². The third-order valence-electron chi connectivity index (χ3n) is 5.55. The summed E-state index contributed by atoms with van der Waals surface area (Å²) in [5, 5.41) is 12.8. The average Bonchev–Trinajstić information content (AvgIpc) is 2.58. The molecule has 0 bridgehead atoms. The zero-order chi connectivity index (χ0) is 16.7. The van der Waals surface area contributed by atoms with Gasteiger partial charge in [-0.3, -0.25) is 4.90 Å². The number of carbonyl (C=O) groups is 1. The highest BCUT2D eigenvalue weighted by atomic mass is 16.3. The first kappa shape index (κ1) is 18.5. The van der Waals surface area contributed by atoms with Crippen LogP contribution in [0.1, 0.15) is 58.8 Å². The number of aliphatic hydroxyl groups excluding tert-OH is 1. The molecule has 2 atom stereocenters. The number of hydrogen-bond acceptors (Lipinski definition) is 3. The molecule has 2 aliphatic rings. The third kappa shape index (κ3) is 5.64. The van der Waals surface area contributed by atoms with E-state index in [1.54, 1.807) is 0 Å². The number of hydrogen-bond donors (Lipinski definition) is 2. The van der Waals surface area contributed by atoms with Crippen LogP contribution in [0.5, 0.6) is 0 Å². The van der Waals surface area contributed by atoms with E-state index in [9.17, 15) is 9.90 Å². The summed E-state index contributed by atoms with van der Waals surface area (Å²) in [4.78, 5) is 16.8. The van der Waals surface area contributed by atoms with Crippen molar-refractivity contribution in [1.82, 2.24) is 15.1 Å². The molecule has 2 heterocycles. The number of urea groups is 1. The summed E-state index contributed by atoms with van der Waals surface area (Å²) in [7, 11) is 0. The predicted molar refractivity (Wildman–Crippen MR) is 93.5 cm³/mol. The van der Waals surface area contributed by atoms with Crippen molar-refractivity contribution in [1.29, 1.82) is 0 Å². The molecule has 2 aliphatic heterocycles. The number of carbonyl (C=O) groups excluding carboxylic acids is 1. The molecule has 0 saturated carbocycles. The number of piperidine rings is 2. The smallest absolute Gasteiger partial charge is 0.317 e. The Morgan fingerprint density at radius 2 is 1.96 bits per heavy atom. The van der Waals surface area contributed by atoms with Crippen LogP contribution in [-0.2, 0) is 0 Å². The summed E-state index contributed by atoms with van der Waals surface area (Å²) >= 11 is 0. The largest absolute Gasteiger partial charge is 0.393 e. The quantitative estimate of drug-likeness (QED) is 0.789. The molecule has 23 heavy (non-hydrogen) atoms. The highest BCUT2D eigenvalue weighted by Crippen LogP contribution is 2.21. The summed E-state index contributed by atoms with van der Waals surface area (Å²) in [5.74, 6) is 0.349. The van der Waals surface area contributed by atoms with Crippen molar-refractivity contribution in [2.45, 2.75) is 70.9 Å². The first-order valence-corrected chi connectivity index (χ1v) is 9.56. The van der Waals surface area contributed by atoms with Crippen molar-refractivity contribution in [2.75, 3.05) is 32.7 Å². The maximum Gasteiger partial charge on any atom is 0.317 e. The lowest BCUT2D eigenvalue weighted by molar-refractivity contribution is 0.0787. The zero-order valence-corrected chi connectivity index (χ0v) is 15.0. The molecule has 2 amide bonds. The Kier molecular flexibility index (Phi) is 7.63. The molecule has 0 spiro atoms. The lowest BCUT2D eigenvalue weighted by Gasteiger charge is -2.37. The molecule has 0 aromatic rings. The standard InChI is InChI=1S/C18H35N3O2/c1-3-4-10-20-11-6-5-7-17(20)14-19-18(23)21-12-8-16(9-13-21)15(2)22/h15-17,22H,3-14H2,1-2H3,(H,19,23). The number of unbranched alkanes of at least 4 members (excludes halogenated alkanes) is 1. The van der Waals surface area contributed by atoms with Crippen LogP contribution in [-0.4, -0.2) is 65.8 Å². The van der Waals surface area contributed by atoms with Gasteiger partial charge in [-0.1, -0.05) is 19.8 Å². The van der Waals surface area contributed by atoms with Gasteiger partial charge in [0.15, 0.2) is 0 Å². The second kappa shape index (κ2) is 9.48. The maximum atomic E-state index is 12.4. The molecule has 2 saturated heterocycles. The molecular formula is C18H35N3O2. The molecule has 2 unspecified atom stereocenters. The second-order valence-corrected chi connectivity index (χ2v) is 7.29. The minimum atomic E-state index is -0.255. The van der Waals surface area contributed by atoms with Gasteiger partial charge in [0.2, 0.25) is 0 Å². The highest BCUT2D eigenvalue weighted by molar-refractivity contribution is 5.74. The third-order valence-corrected chi connectivity index (χ3v) is 5.55. The van der Waals surface area contributed by atoms with E-state index in [2.05, 4.69) is 17.1 Å². The number of nitrogens with one attached hydrogen (secondary N) is 1. The van der Waals surface area contributed by atoms with Crippen LogP contribution in [0.2, 0.25) is 0 Å². The Morgan fingerprint density at radius 3 is 2.61 bits per heavy atom. The number of rotatable bonds is 6. The van der Waals surface area contributed by atoms with Crippen molar-refractivity contribution in [2.24, 2.45) is 5.92 Å². The van der Waals surface area contributed by atoms with Crippen molar-refractivity contribution < 1.29 is 9.90 Å². The van der Waals surface area contributed by atoms with Gasteiger partial charge < -0.3 is 15.3 Å². The van der Waals surface area contributed by atoms with E-state index in [-0.39, 0.29) is 12.1 Å². The zero-order valence-electron chi connectivity index (χ0n) is 15.0. The first-order valence-electron chi connectivity index (χ1n) is 9.56. The number of amides is 2. The van der Waals surface area contributed by atoms with Gasteiger partial charge in [-0.05, 0) is 58.0 Å². The molecular weight excluding hydrogens is 290 g/mol. The lowest BCUT2D eigenvalue weighted by Crippen LogP contribution is -2.51. The molecule has 2 rings (SSSR count). The summed E-state index contributed by atoms with van der Waals surface area (Å²) in [6, 6.07) is 0.587. The van der Waals surface area contributed by atoms with Crippen LogP contribution in [0, 0.1) is 5.92 Å². The highest BCUT2D eigenvalue weighted by Gasteiger charge is 2.27. The minimum Gasteiger partial charge on any atom is -0.393 e. The van der Waals surface area contributed by atoms with E-state index in [1.165, 1.54) is 38.6 Å². The fourth-order valence-electron chi connectivity index (χ4n) is 3.85. The Morgan fingerprint density at radius 1 is 1.22 bits per heavy atom. The molecule has 5 heteroatoms. The Labute approximate surface area is 141 Å². The minimum absolute atomic E-state index is 0.0788. The van der Waals surface area contributed by atoms with Gasteiger partial charge in [-0.15, -0.1) is 0 Å². The van der Waals surface area contributed by atoms with E-state index in [0.29, 0.717) is 12.0 Å². The molecule has 2 N–H and O–H groups in total. The van der Waals surface area contributed by atoms with Crippen molar-refractivity contribution in [3.8, 4) is 0 Å². The van der Waals surface area contributed by atoms with Crippen molar-refractivity contribution >= 4 is 6.03 Å². The normalized spacial score (nSPS) is 25.3. The molecule has 5 nitrogen and oxygen atoms in total. The molecule has 0 aromatic heterocycles. The van der Waals surface area contributed by atoms with E-state index < -0.39 is 0 Å². The molecule has 0 radical (unpaired) electrons. The van der Waals surface area contributed by atoms with Crippen molar-refractivity contribution in [3.05, 3.63) is 0 Å². The van der Waals surface area contributed by atoms with Gasteiger partial charge in [-0.25, -0.2) is 4.79 Å². The number of nitrogens with zero attached hydrogens (tertiary/aromatic N) is 2. The first-order chi connectivity index (χ1) is 11.1. The van der Waals surface area contributed by atoms with Gasteiger partial charge >= 0.3 is 6.03 Å². The molecule has 2 fully saturated rings. The summed E-state index contributed by atoms with van der Waals surface area (Å²) < 4.78 is 0. The summed E-state index contributed by atoms with van der Waals surface area (Å²) in [6.45, 7) is 8.75. The van der Waals surface area contributed by atoms with Gasteiger partial charge in [0.1, 0.15) is 0 Å². The molecule has 134 valence electrons. The number of likely N-dealkylation sites (tertiary alicyclic amines) is 2. The van der Waals surface area contributed by atoms with Gasteiger partial charge in [0, 0.05) is 25.7 Å². The predicted octanol–water partition coefficient (Wildman–Crippen LogP) is 2.44. The molecule has 0 aliphatic carbocycles. The molecule has 0 aromatic carbocycles. The topological polar surface area (TPSA) is 55.8 Å². The summed E-state index contributed by atoms with van der Waals surface area (Å²) in [5.41, 5.74) is 0.